The molecule has 1 unspecified atom stereocenters. The van der Waals surface area contributed by atoms with E-state index in [-0.39, 0.29) is 6.61 Å². The topological polar surface area (TPSA) is 58.6 Å². The smallest absolute Gasteiger partial charge is 0.182 e. The van der Waals surface area contributed by atoms with Gasteiger partial charge < -0.3 is 23.9 Å². The number of carboxylic acid groups (broad SMARTS) is 1. The molecule has 18 heavy (non-hydrogen) atoms. The van der Waals surface area contributed by atoms with E-state index in [0.717, 1.165) is 17.8 Å². The van der Waals surface area contributed by atoms with Crippen LogP contribution in [0.15, 0.2) is 0 Å². The van der Waals surface area contributed by atoms with Crippen LogP contribution in [0.1, 0.15) is 33.6 Å². The summed E-state index contributed by atoms with van der Waals surface area (Å²) in [4.78, 5) is 9.36. The van der Waals surface area contributed by atoms with Gasteiger partial charge in [0.1, 0.15) is 0 Å². The fourth-order valence-corrected chi connectivity index (χ4v) is 1.28. The van der Waals surface area contributed by atoms with E-state index in [1.54, 1.807) is 0 Å². The fourth-order valence-electron chi connectivity index (χ4n) is 1.28. The maximum absolute atomic E-state index is 9.36. The van der Waals surface area contributed by atoms with E-state index < -0.39 is 5.97 Å². The number of methoxy groups -OCH3 is 1. The first kappa shape index (κ1) is 19.7. The number of rotatable bonds is 9. The van der Waals surface area contributed by atoms with Crippen LogP contribution in [0.2, 0.25) is 0 Å². The molecule has 0 fully saturated rings. The second-order valence-corrected chi connectivity index (χ2v) is 4.44. The summed E-state index contributed by atoms with van der Waals surface area (Å²) in [6, 6.07) is 0. The van der Waals surface area contributed by atoms with Gasteiger partial charge in [-0.15, -0.1) is 0 Å². The zero-order valence-corrected chi connectivity index (χ0v) is 12.5. The molecule has 1 atom stereocenters. The first-order valence-electron chi connectivity index (χ1n) is 6.55. The van der Waals surface area contributed by atoms with E-state index >= 15 is 0 Å². The lowest BCUT2D eigenvalue weighted by atomic mass is 10.3. The van der Waals surface area contributed by atoms with Gasteiger partial charge in [0, 0.05) is 13.7 Å². The first-order valence-corrected chi connectivity index (χ1v) is 6.55. The van der Waals surface area contributed by atoms with Crippen LogP contribution in [0.4, 0.5) is 0 Å². The third kappa shape index (κ3) is 13.4. The van der Waals surface area contributed by atoms with Crippen molar-refractivity contribution in [2.24, 2.45) is 0 Å². The first-order chi connectivity index (χ1) is 8.45. The van der Waals surface area contributed by atoms with Gasteiger partial charge in [0.25, 0.3) is 0 Å². The van der Waals surface area contributed by atoms with Crippen LogP contribution >= 0.6 is 0 Å². The van der Waals surface area contributed by atoms with Crippen molar-refractivity contribution in [2.75, 3.05) is 47.2 Å². The van der Waals surface area contributed by atoms with E-state index in [1.165, 1.54) is 33.0 Å². The van der Waals surface area contributed by atoms with Crippen LogP contribution in [-0.4, -0.2) is 57.6 Å². The molecule has 0 saturated heterocycles. The quantitative estimate of drug-likeness (QED) is 0.452. The summed E-state index contributed by atoms with van der Waals surface area (Å²) in [5.74, 6) is -1.18. The predicted octanol–water partition coefficient (Wildman–Crippen LogP) is 0.630. The summed E-state index contributed by atoms with van der Waals surface area (Å²) in [7, 11) is 3.57. The molecule has 0 saturated carbocycles. The predicted molar refractivity (Wildman–Crippen MR) is 69.9 cm³/mol. The second-order valence-electron chi connectivity index (χ2n) is 4.44. The zero-order valence-electron chi connectivity index (χ0n) is 12.5. The molecule has 5 heteroatoms. The summed E-state index contributed by atoms with van der Waals surface area (Å²) in [6.45, 7) is 10.3. The zero-order chi connectivity index (χ0) is 14.4. The number of carbonyl (C=O) groups is 1. The Labute approximate surface area is 111 Å². The average molecular weight is 263 g/mol. The van der Waals surface area contributed by atoms with Crippen LogP contribution in [0.5, 0.6) is 0 Å². The number of hydrogen-bond acceptors (Lipinski definition) is 4. The van der Waals surface area contributed by atoms with E-state index in [2.05, 4.69) is 32.6 Å². The normalized spacial score (nSPS) is 13.4. The molecule has 0 rings (SSSR count). The van der Waals surface area contributed by atoms with Crippen molar-refractivity contribution in [3.8, 4) is 0 Å². The summed E-state index contributed by atoms with van der Waals surface area (Å²) in [6.07, 6.45) is 2.58. The number of carbonyl (C=O) groups excluding carboxylic acids is 1. The van der Waals surface area contributed by atoms with Gasteiger partial charge in [-0.3, -0.25) is 0 Å². The summed E-state index contributed by atoms with van der Waals surface area (Å²) in [5.41, 5.74) is 0. The van der Waals surface area contributed by atoms with Crippen molar-refractivity contribution in [1.29, 1.82) is 0 Å². The molecule has 0 N–H and O–H groups in total. The molecule has 5 nitrogen and oxygen atoms in total. The molecule has 0 radical (unpaired) electrons. The summed E-state index contributed by atoms with van der Waals surface area (Å²) < 4.78 is 10.7. The molecule has 110 valence electrons. The standard InChI is InChI=1S/C10H24NO.C3H6O3/c1-5-8-9-11(4,6-2)10-12-7-3;1-6-2-3(4)5/h5-10H2,1-4H3;2H2,1H3,(H,4,5)/q+1;/p-1. The van der Waals surface area contributed by atoms with Crippen LogP contribution < -0.4 is 5.11 Å². The van der Waals surface area contributed by atoms with Crippen LogP contribution in [-0.2, 0) is 14.3 Å². The van der Waals surface area contributed by atoms with Crippen molar-refractivity contribution < 1.29 is 23.9 Å². The van der Waals surface area contributed by atoms with E-state index in [1.807, 2.05) is 0 Å². The summed E-state index contributed by atoms with van der Waals surface area (Å²) in [5, 5.41) is 9.36. The van der Waals surface area contributed by atoms with Crippen molar-refractivity contribution in [3.63, 3.8) is 0 Å². The Hall–Kier alpha value is -0.650. The highest BCUT2D eigenvalue weighted by atomic mass is 16.5. The van der Waals surface area contributed by atoms with Gasteiger partial charge in [0.05, 0.1) is 32.7 Å². The Morgan fingerprint density at radius 2 is 1.89 bits per heavy atom. The molecule has 0 aliphatic heterocycles. The molecule has 0 aliphatic rings. The molecule has 0 aromatic heterocycles. The highest BCUT2D eigenvalue weighted by molar-refractivity contribution is 5.65. The molecular weight excluding hydrogens is 234 g/mol. The van der Waals surface area contributed by atoms with Crippen LogP contribution in [0.25, 0.3) is 0 Å². The number of quaternary nitrogens is 1. The number of hydrogen-bond donors (Lipinski definition) is 0. The molecule has 0 aliphatic carbocycles. The molecule has 0 amide bonds. The largest absolute Gasteiger partial charge is 0.548 e. The van der Waals surface area contributed by atoms with E-state index in [4.69, 9.17) is 4.74 Å². The molecule has 0 aromatic carbocycles. The highest BCUT2D eigenvalue weighted by Crippen LogP contribution is 2.05. The lowest BCUT2D eigenvalue weighted by molar-refractivity contribution is -0.926. The van der Waals surface area contributed by atoms with Gasteiger partial charge in [-0.1, -0.05) is 13.3 Å². The minimum atomic E-state index is -1.18. The fraction of sp³-hybridized carbons (Fsp3) is 0.923. The third-order valence-electron chi connectivity index (χ3n) is 2.68. The lowest BCUT2D eigenvalue weighted by Crippen LogP contribution is -2.46. The Bertz CT molecular complexity index is 189. The number of ether oxygens (including phenoxy) is 2. The number of nitrogens with zero attached hydrogens (tertiary/aromatic N) is 1. The lowest BCUT2D eigenvalue weighted by Gasteiger charge is -2.32. The van der Waals surface area contributed by atoms with Crippen molar-refractivity contribution >= 4 is 5.97 Å². The van der Waals surface area contributed by atoms with Gasteiger partial charge in [0.15, 0.2) is 6.73 Å². The molecule has 0 aromatic rings. The molecule has 0 bridgehead atoms. The van der Waals surface area contributed by atoms with Crippen molar-refractivity contribution in [1.82, 2.24) is 0 Å². The Kier molecular flexibility index (Phi) is 14.0. The van der Waals surface area contributed by atoms with Crippen LogP contribution in [0, 0.1) is 0 Å². The Morgan fingerprint density at radius 3 is 2.17 bits per heavy atom. The number of unbranched alkanes of at least 4 members (excludes halogenated alkanes) is 1. The van der Waals surface area contributed by atoms with Gasteiger partial charge in [-0.25, -0.2) is 0 Å². The number of carboxylic acids is 1. The van der Waals surface area contributed by atoms with Gasteiger partial charge in [-0.2, -0.15) is 0 Å². The molecule has 0 spiro atoms. The van der Waals surface area contributed by atoms with E-state index in [9.17, 15) is 9.90 Å². The second kappa shape index (κ2) is 12.8. The SMILES string of the molecule is CCCC[N+](C)(CC)COCC.COCC(=O)[O-]. The van der Waals surface area contributed by atoms with Gasteiger partial charge in [0.2, 0.25) is 0 Å². The monoisotopic (exact) mass is 263 g/mol. The summed E-state index contributed by atoms with van der Waals surface area (Å²) >= 11 is 0. The average Bonchev–Trinajstić information content (AvgIpc) is 2.34. The van der Waals surface area contributed by atoms with Gasteiger partial charge >= 0.3 is 0 Å². The van der Waals surface area contributed by atoms with Gasteiger partial charge in [-0.05, 0) is 20.3 Å². The minimum Gasteiger partial charge on any atom is -0.548 e. The maximum Gasteiger partial charge on any atom is 0.182 e. The number of aliphatic carboxylic acids is 1. The highest BCUT2D eigenvalue weighted by Gasteiger charge is 2.17. The van der Waals surface area contributed by atoms with Crippen molar-refractivity contribution in [3.05, 3.63) is 0 Å². The third-order valence-corrected chi connectivity index (χ3v) is 2.68. The van der Waals surface area contributed by atoms with E-state index in [0.29, 0.717) is 0 Å². The Morgan fingerprint density at radius 1 is 1.28 bits per heavy atom. The van der Waals surface area contributed by atoms with Crippen LogP contribution in [0.3, 0.4) is 0 Å². The molecule has 0 heterocycles. The van der Waals surface area contributed by atoms with Crippen molar-refractivity contribution in [2.45, 2.75) is 33.6 Å². The minimum absolute atomic E-state index is 0.319. The Balaban J connectivity index is 0. The molecular formula is C13H29NO4. The maximum atomic E-state index is 9.36.